The Hall–Kier alpha value is -2.91. The first-order valence-electron chi connectivity index (χ1n) is 11.7. The number of carbonyl (C=O) groups is 2. The van der Waals surface area contributed by atoms with E-state index in [9.17, 15) is 9.59 Å². The molecule has 1 aromatic heterocycles. The lowest BCUT2D eigenvalue weighted by Crippen LogP contribution is -2.29. The Balaban J connectivity index is 1.88. The molecule has 0 spiro atoms. The minimum absolute atomic E-state index is 0.0686. The van der Waals surface area contributed by atoms with E-state index in [4.69, 9.17) is 15.2 Å². The number of nitrogens with one attached hydrogen (secondary N) is 1. The molecular weight excluding hydrogens is 494 g/mol. The molecule has 0 bridgehead atoms. The van der Waals surface area contributed by atoms with Crippen molar-refractivity contribution >= 4 is 52.4 Å². The molecule has 1 aromatic carbocycles. The average Bonchev–Trinajstić information content (AvgIpc) is 3.32. The summed E-state index contributed by atoms with van der Waals surface area (Å²) in [6.45, 7) is 9.60. The van der Waals surface area contributed by atoms with Crippen molar-refractivity contribution < 1.29 is 19.8 Å². The Morgan fingerprint density at radius 2 is 1.53 bits per heavy atom. The summed E-state index contributed by atoms with van der Waals surface area (Å²) >= 11 is 2.76. The van der Waals surface area contributed by atoms with Crippen molar-refractivity contribution in [2.75, 3.05) is 41.0 Å². The summed E-state index contributed by atoms with van der Waals surface area (Å²) in [4.78, 5) is 32.3. The number of carboxylic acids is 2. The van der Waals surface area contributed by atoms with Gasteiger partial charge in [0.1, 0.15) is 0 Å². The van der Waals surface area contributed by atoms with E-state index in [1.54, 1.807) is 0 Å². The van der Waals surface area contributed by atoms with Gasteiger partial charge >= 0.3 is 11.9 Å². The van der Waals surface area contributed by atoms with Crippen LogP contribution in [0, 0.1) is 13.8 Å². The van der Waals surface area contributed by atoms with Crippen LogP contribution in [0.2, 0.25) is 0 Å². The zero-order valence-corrected chi connectivity index (χ0v) is 22.8. The van der Waals surface area contributed by atoms with E-state index in [1.165, 1.54) is 29.1 Å². The van der Waals surface area contributed by atoms with Gasteiger partial charge in [-0.25, -0.2) is 0 Å². The highest BCUT2D eigenvalue weighted by molar-refractivity contribution is 8.00. The zero-order chi connectivity index (χ0) is 26.2. The van der Waals surface area contributed by atoms with Crippen LogP contribution in [0.15, 0.2) is 52.7 Å². The van der Waals surface area contributed by atoms with Crippen molar-refractivity contribution in [3.63, 3.8) is 0 Å². The number of aromatic amines is 1. The van der Waals surface area contributed by atoms with E-state index in [0.29, 0.717) is 24.6 Å². The average molecular weight is 528 g/mol. The van der Waals surface area contributed by atoms with Gasteiger partial charge in [-0.3, -0.25) is 14.6 Å². The van der Waals surface area contributed by atoms with E-state index in [0.717, 1.165) is 45.2 Å². The van der Waals surface area contributed by atoms with Gasteiger partial charge in [0.2, 0.25) is 0 Å². The summed E-state index contributed by atoms with van der Waals surface area (Å²) in [5.74, 6) is -0.161. The number of H-pyrrole nitrogens is 1. The number of thioether (sulfide) groups is 2. The van der Waals surface area contributed by atoms with E-state index in [1.807, 2.05) is 6.92 Å². The third-order valence-corrected chi connectivity index (χ3v) is 7.55. The predicted molar refractivity (Wildman–Crippen MR) is 152 cm³/mol. The van der Waals surface area contributed by atoms with Gasteiger partial charge in [-0.05, 0) is 68.7 Å². The van der Waals surface area contributed by atoms with Gasteiger partial charge in [-0.1, -0.05) is 12.1 Å². The van der Waals surface area contributed by atoms with E-state index in [-0.39, 0.29) is 11.5 Å². The molecule has 0 saturated heterocycles. The maximum absolute atomic E-state index is 10.9. The highest BCUT2D eigenvalue weighted by atomic mass is 32.2. The molecule has 36 heavy (non-hydrogen) atoms. The lowest BCUT2D eigenvalue weighted by atomic mass is 9.96. The highest BCUT2D eigenvalue weighted by Gasteiger charge is 2.20. The van der Waals surface area contributed by atoms with Crippen LogP contribution in [0.25, 0.3) is 5.57 Å². The Morgan fingerprint density at radius 1 is 0.944 bits per heavy atom. The van der Waals surface area contributed by atoms with Crippen LogP contribution in [0.1, 0.15) is 36.4 Å². The first-order valence-corrected chi connectivity index (χ1v) is 14.1. The fourth-order valence-corrected chi connectivity index (χ4v) is 5.53. The molecular formula is C27H33N3O4S2. The first kappa shape index (κ1) is 27.7. The zero-order valence-electron chi connectivity index (χ0n) is 21.1. The molecule has 2 aromatic rings. The Kier molecular flexibility index (Phi) is 9.89. The molecule has 3 N–H and O–H groups in total. The molecule has 192 valence electrons. The molecule has 0 radical (unpaired) electrons. The number of carboxylic acid groups (broad SMARTS) is 2. The van der Waals surface area contributed by atoms with Gasteiger partial charge in [-0.2, -0.15) is 0 Å². The number of anilines is 1. The first-order chi connectivity index (χ1) is 17.2. The number of hydrogen-bond donors (Lipinski definition) is 3. The summed E-state index contributed by atoms with van der Waals surface area (Å²) in [5, 5.41) is 17.9. The molecule has 1 aliphatic rings. The molecule has 0 amide bonds. The third-order valence-electron chi connectivity index (χ3n) is 5.71. The molecule has 1 aliphatic heterocycles. The van der Waals surface area contributed by atoms with Crippen molar-refractivity contribution in [2.24, 2.45) is 4.99 Å². The Bertz CT molecular complexity index is 1170. The number of aliphatic imine (C=N–C) groups is 1. The number of rotatable bonds is 13. The highest BCUT2D eigenvalue weighted by Crippen LogP contribution is 2.35. The lowest BCUT2D eigenvalue weighted by molar-refractivity contribution is -0.134. The monoisotopic (exact) mass is 527 g/mol. The van der Waals surface area contributed by atoms with Crippen molar-refractivity contribution in [3.8, 4) is 0 Å². The molecule has 0 saturated carbocycles. The fourth-order valence-electron chi connectivity index (χ4n) is 4.20. The Morgan fingerprint density at radius 3 is 1.97 bits per heavy atom. The molecule has 3 rings (SSSR count). The summed E-state index contributed by atoms with van der Waals surface area (Å²) in [7, 11) is 0. The second-order valence-corrected chi connectivity index (χ2v) is 11.0. The number of benzene rings is 1. The number of hydrogen-bond acceptors (Lipinski definition) is 6. The number of aryl methyl sites for hydroxylation is 2. The fraction of sp³-hybridized carbons (Fsp3) is 0.370. The van der Waals surface area contributed by atoms with Crippen LogP contribution in [-0.4, -0.2) is 68.9 Å². The van der Waals surface area contributed by atoms with Gasteiger partial charge < -0.3 is 20.1 Å². The van der Waals surface area contributed by atoms with Crippen LogP contribution in [0.5, 0.6) is 0 Å². The van der Waals surface area contributed by atoms with E-state index in [2.05, 4.69) is 67.1 Å². The van der Waals surface area contributed by atoms with Crippen LogP contribution in [0.3, 0.4) is 0 Å². The molecule has 0 atom stereocenters. The molecule has 0 aliphatic carbocycles. The summed E-state index contributed by atoms with van der Waals surface area (Å²) in [6, 6.07) is 10.5. The summed E-state index contributed by atoms with van der Waals surface area (Å²) in [5.41, 5.74) is 9.56. The summed E-state index contributed by atoms with van der Waals surface area (Å²) < 4.78 is 0. The second kappa shape index (κ2) is 12.9. The van der Waals surface area contributed by atoms with Crippen molar-refractivity contribution in [3.05, 3.63) is 70.2 Å². The van der Waals surface area contributed by atoms with Gasteiger partial charge in [0.05, 0.1) is 22.9 Å². The maximum Gasteiger partial charge on any atom is 0.313 e. The predicted octanol–water partition coefficient (Wildman–Crippen LogP) is 5.25. The smallest absolute Gasteiger partial charge is 0.313 e. The van der Waals surface area contributed by atoms with Crippen LogP contribution in [-0.2, 0) is 9.59 Å². The molecule has 7 nitrogen and oxygen atoms in total. The van der Waals surface area contributed by atoms with Gasteiger partial charge in [-0.15, -0.1) is 23.5 Å². The van der Waals surface area contributed by atoms with Gasteiger partial charge in [0.15, 0.2) is 0 Å². The molecule has 0 unspecified atom stereocenters. The third kappa shape index (κ3) is 7.54. The van der Waals surface area contributed by atoms with Gasteiger partial charge in [0.25, 0.3) is 0 Å². The minimum Gasteiger partial charge on any atom is -0.481 e. The number of allylic oxidation sites excluding steroid dienone is 2. The number of nitrogens with zero attached hydrogens (tertiary/aromatic N) is 2. The molecule has 0 fully saturated rings. The summed E-state index contributed by atoms with van der Waals surface area (Å²) in [6.07, 6.45) is 2.10. The quantitative estimate of drug-likeness (QED) is 0.305. The van der Waals surface area contributed by atoms with Crippen molar-refractivity contribution in [1.82, 2.24) is 4.98 Å². The second-order valence-electron chi connectivity index (χ2n) is 8.74. The largest absolute Gasteiger partial charge is 0.481 e. The van der Waals surface area contributed by atoms with E-state index >= 15 is 0 Å². The maximum atomic E-state index is 10.9. The number of aromatic nitrogens is 1. The molecule has 2 heterocycles. The Labute approximate surface area is 220 Å². The lowest BCUT2D eigenvalue weighted by Gasteiger charge is -2.25. The number of aliphatic carboxylic acids is 2. The van der Waals surface area contributed by atoms with Crippen LogP contribution < -0.4 is 4.90 Å². The SMILES string of the molecule is CC1=CC(C)=N/C1=C(/c1ccc(N(CCSCC(=O)O)CCSCC(=O)O)cc1)c1[nH]c(C)cc1C. The standard InChI is InChI=1S/C27H33N3O4S2/c1-17-13-19(3)28-26(17)25(27-18(2)14-20(4)29-27)21-5-7-22(8-6-21)30(9-11-35-15-23(31)32)10-12-36-16-24(33)34/h5-8,13-14,28H,9-12,15-16H2,1-4H3,(H,31,32)(H,33,34)/b27-25-. The topological polar surface area (TPSA) is 106 Å². The van der Waals surface area contributed by atoms with Crippen LogP contribution in [0.4, 0.5) is 5.69 Å². The van der Waals surface area contributed by atoms with Crippen LogP contribution >= 0.6 is 23.5 Å². The molecule has 9 heteroatoms. The van der Waals surface area contributed by atoms with E-state index < -0.39 is 11.9 Å². The minimum atomic E-state index is -0.822. The van der Waals surface area contributed by atoms with Crippen molar-refractivity contribution in [1.29, 1.82) is 0 Å². The normalized spacial score (nSPS) is 14.4. The van der Waals surface area contributed by atoms with Crippen molar-refractivity contribution in [2.45, 2.75) is 27.7 Å². The van der Waals surface area contributed by atoms with Gasteiger partial charge in [0, 0.05) is 47.3 Å².